The minimum Gasteiger partial charge on any atom is -0.314 e. The van der Waals surface area contributed by atoms with Gasteiger partial charge in [0.05, 0.1) is 5.69 Å². The highest BCUT2D eigenvalue weighted by Crippen LogP contribution is 2.54. The lowest BCUT2D eigenvalue weighted by atomic mass is 9.97. The van der Waals surface area contributed by atoms with E-state index in [4.69, 9.17) is 4.98 Å². The zero-order valence-corrected chi connectivity index (χ0v) is 10.8. The van der Waals surface area contributed by atoms with Gasteiger partial charge in [0.25, 0.3) is 0 Å². The Labute approximate surface area is 106 Å². The van der Waals surface area contributed by atoms with Gasteiger partial charge in [-0.3, -0.25) is 0 Å². The summed E-state index contributed by atoms with van der Waals surface area (Å²) in [5.41, 5.74) is 2.82. The van der Waals surface area contributed by atoms with E-state index >= 15 is 0 Å². The third kappa shape index (κ3) is 1.90. The Kier molecular flexibility index (Phi) is 2.73. The number of nitrogens with one attached hydrogen (secondary N) is 1. The molecule has 0 radical (unpaired) electrons. The second-order valence-corrected chi connectivity index (χ2v) is 5.48. The Morgan fingerprint density at radius 3 is 2.71 bits per heavy atom. The molecule has 1 aliphatic carbocycles. The van der Waals surface area contributed by atoms with Gasteiger partial charge in [-0.05, 0) is 25.5 Å². The molecule has 3 rings (SSSR count). The topological polar surface area (TPSA) is 24.9 Å². The zero-order chi connectivity index (χ0) is 11.7. The van der Waals surface area contributed by atoms with Gasteiger partial charge in [-0.1, -0.05) is 30.3 Å². The summed E-state index contributed by atoms with van der Waals surface area (Å²) in [6.45, 7) is 0.862. The summed E-state index contributed by atoms with van der Waals surface area (Å²) < 4.78 is 0. The lowest BCUT2D eigenvalue weighted by Crippen LogP contribution is -2.10. The van der Waals surface area contributed by atoms with Crippen LogP contribution in [0.5, 0.6) is 0 Å². The van der Waals surface area contributed by atoms with Crippen molar-refractivity contribution in [3.8, 4) is 0 Å². The molecule has 0 bridgehead atoms. The van der Waals surface area contributed by atoms with Crippen LogP contribution in [0.1, 0.15) is 29.1 Å². The molecule has 17 heavy (non-hydrogen) atoms. The van der Waals surface area contributed by atoms with Crippen LogP contribution in [0.15, 0.2) is 35.7 Å². The fourth-order valence-electron chi connectivity index (χ4n) is 2.30. The number of thiazole rings is 1. The largest absolute Gasteiger partial charge is 0.314 e. The summed E-state index contributed by atoms with van der Waals surface area (Å²) in [6.07, 6.45) is 2.48. The SMILES string of the molecule is CNCc1csc(C2(c3ccccc3)CC2)n1. The monoisotopic (exact) mass is 244 g/mol. The summed E-state index contributed by atoms with van der Waals surface area (Å²) in [6, 6.07) is 10.8. The molecule has 1 aromatic carbocycles. The molecule has 0 spiro atoms. The highest BCUT2D eigenvalue weighted by Gasteiger charge is 2.48. The first-order chi connectivity index (χ1) is 8.35. The van der Waals surface area contributed by atoms with Gasteiger partial charge < -0.3 is 5.32 Å². The molecule has 1 heterocycles. The predicted octanol–water partition coefficient (Wildman–Crippen LogP) is 2.94. The van der Waals surface area contributed by atoms with Gasteiger partial charge >= 0.3 is 0 Å². The van der Waals surface area contributed by atoms with Crippen LogP contribution in [-0.2, 0) is 12.0 Å². The van der Waals surface area contributed by atoms with E-state index in [2.05, 4.69) is 41.0 Å². The minimum absolute atomic E-state index is 0.234. The third-order valence-electron chi connectivity index (χ3n) is 3.40. The molecule has 1 saturated carbocycles. The Morgan fingerprint density at radius 1 is 1.29 bits per heavy atom. The second-order valence-electron chi connectivity index (χ2n) is 4.62. The van der Waals surface area contributed by atoms with Gasteiger partial charge in [0.15, 0.2) is 0 Å². The lowest BCUT2D eigenvalue weighted by molar-refractivity contribution is 0.770. The quantitative estimate of drug-likeness (QED) is 0.894. The molecule has 2 nitrogen and oxygen atoms in total. The average Bonchev–Trinajstić information content (AvgIpc) is 3.06. The van der Waals surface area contributed by atoms with Crippen LogP contribution in [0.25, 0.3) is 0 Å². The fourth-order valence-corrected chi connectivity index (χ4v) is 3.40. The lowest BCUT2D eigenvalue weighted by Gasteiger charge is -2.12. The highest BCUT2D eigenvalue weighted by atomic mass is 32.1. The van der Waals surface area contributed by atoms with E-state index in [-0.39, 0.29) is 5.41 Å². The van der Waals surface area contributed by atoms with Crippen molar-refractivity contribution in [2.45, 2.75) is 24.8 Å². The average molecular weight is 244 g/mol. The maximum atomic E-state index is 4.77. The van der Waals surface area contributed by atoms with E-state index in [9.17, 15) is 0 Å². The van der Waals surface area contributed by atoms with E-state index < -0.39 is 0 Å². The van der Waals surface area contributed by atoms with Gasteiger partial charge in [0.2, 0.25) is 0 Å². The van der Waals surface area contributed by atoms with Gasteiger partial charge in [0.1, 0.15) is 5.01 Å². The summed E-state index contributed by atoms with van der Waals surface area (Å²) in [5.74, 6) is 0. The van der Waals surface area contributed by atoms with Gasteiger partial charge in [-0.2, -0.15) is 0 Å². The standard InChI is InChI=1S/C14H16N2S/c1-15-9-12-10-17-13(16-12)14(7-8-14)11-5-3-2-4-6-11/h2-6,10,15H,7-9H2,1H3. The first-order valence-electron chi connectivity index (χ1n) is 6.00. The van der Waals surface area contributed by atoms with Crippen molar-refractivity contribution in [3.63, 3.8) is 0 Å². The maximum absolute atomic E-state index is 4.77. The smallest absolute Gasteiger partial charge is 0.103 e. The summed E-state index contributed by atoms with van der Waals surface area (Å²) in [4.78, 5) is 4.77. The second kappa shape index (κ2) is 4.24. The number of rotatable bonds is 4. The van der Waals surface area contributed by atoms with Crippen molar-refractivity contribution >= 4 is 11.3 Å². The molecular formula is C14H16N2S. The molecule has 0 unspecified atom stereocenters. The van der Waals surface area contributed by atoms with Crippen molar-refractivity contribution in [3.05, 3.63) is 52.0 Å². The number of aromatic nitrogens is 1. The van der Waals surface area contributed by atoms with Crippen LogP contribution >= 0.6 is 11.3 Å². The van der Waals surface area contributed by atoms with Crippen LogP contribution in [0, 0.1) is 0 Å². The van der Waals surface area contributed by atoms with Crippen LogP contribution < -0.4 is 5.32 Å². The molecule has 0 atom stereocenters. The van der Waals surface area contributed by atoms with E-state index in [0.717, 1.165) is 12.2 Å². The molecule has 0 aliphatic heterocycles. The molecule has 1 N–H and O–H groups in total. The van der Waals surface area contributed by atoms with Crippen molar-refractivity contribution in [1.82, 2.24) is 10.3 Å². The fraction of sp³-hybridized carbons (Fsp3) is 0.357. The summed E-state index contributed by atoms with van der Waals surface area (Å²) >= 11 is 1.80. The molecule has 1 fully saturated rings. The van der Waals surface area contributed by atoms with Gasteiger partial charge in [-0.15, -0.1) is 11.3 Å². The van der Waals surface area contributed by atoms with E-state index in [1.165, 1.54) is 23.4 Å². The Hall–Kier alpha value is -1.19. The first kappa shape index (κ1) is 10.9. The molecule has 3 heteroatoms. The number of benzene rings is 1. The zero-order valence-electron chi connectivity index (χ0n) is 9.94. The molecule has 2 aromatic rings. The number of hydrogen-bond donors (Lipinski definition) is 1. The van der Waals surface area contributed by atoms with Crippen LogP contribution in [-0.4, -0.2) is 12.0 Å². The molecule has 0 saturated heterocycles. The van der Waals surface area contributed by atoms with Crippen molar-refractivity contribution in [1.29, 1.82) is 0 Å². The molecule has 88 valence electrons. The molecule has 1 aromatic heterocycles. The van der Waals surface area contributed by atoms with Crippen molar-refractivity contribution in [2.24, 2.45) is 0 Å². The van der Waals surface area contributed by atoms with Crippen molar-refractivity contribution in [2.75, 3.05) is 7.05 Å². The third-order valence-corrected chi connectivity index (χ3v) is 4.49. The highest BCUT2D eigenvalue weighted by molar-refractivity contribution is 7.09. The van der Waals surface area contributed by atoms with Crippen LogP contribution in [0.2, 0.25) is 0 Å². The predicted molar refractivity (Wildman–Crippen MR) is 71.3 cm³/mol. The molecule has 1 aliphatic rings. The minimum atomic E-state index is 0.234. The Bertz CT molecular complexity index is 500. The van der Waals surface area contributed by atoms with E-state index in [1.54, 1.807) is 11.3 Å². The molecular weight excluding hydrogens is 228 g/mol. The summed E-state index contributed by atoms with van der Waals surface area (Å²) in [5, 5.41) is 6.61. The normalized spacial score (nSPS) is 17.0. The first-order valence-corrected chi connectivity index (χ1v) is 6.88. The van der Waals surface area contributed by atoms with E-state index in [0.29, 0.717) is 0 Å². The van der Waals surface area contributed by atoms with E-state index in [1.807, 2.05) is 7.05 Å². The van der Waals surface area contributed by atoms with Crippen LogP contribution in [0.3, 0.4) is 0 Å². The van der Waals surface area contributed by atoms with Crippen LogP contribution in [0.4, 0.5) is 0 Å². The number of hydrogen-bond acceptors (Lipinski definition) is 3. The Morgan fingerprint density at radius 2 is 2.06 bits per heavy atom. The van der Waals surface area contributed by atoms with Gasteiger partial charge in [0, 0.05) is 17.3 Å². The maximum Gasteiger partial charge on any atom is 0.103 e. The molecule has 0 amide bonds. The number of nitrogens with zero attached hydrogens (tertiary/aromatic N) is 1. The van der Waals surface area contributed by atoms with Gasteiger partial charge in [-0.25, -0.2) is 4.98 Å². The Balaban J connectivity index is 1.92. The summed E-state index contributed by atoms with van der Waals surface area (Å²) in [7, 11) is 1.96. The van der Waals surface area contributed by atoms with Crippen molar-refractivity contribution < 1.29 is 0 Å².